The van der Waals surface area contributed by atoms with Crippen molar-refractivity contribution in [1.82, 2.24) is 18.7 Å². The van der Waals surface area contributed by atoms with Crippen LogP contribution in [-0.4, -0.2) is 29.8 Å². The first kappa shape index (κ1) is 16.3. The fraction of sp³-hybridized carbons (Fsp3) is 0.333. The van der Waals surface area contributed by atoms with Crippen LogP contribution in [-0.2, 0) is 13.1 Å². The van der Waals surface area contributed by atoms with Gasteiger partial charge in [0.2, 0.25) is 0 Å². The van der Waals surface area contributed by atoms with Crippen LogP contribution in [0.4, 0.5) is 0 Å². The maximum atomic E-state index is 12.6. The zero-order chi connectivity index (χ0) is 18.4. The van der Waals surface area contributed by atoms with E-state index in [9.17, 15) is 19.5 Å². The van der Waals surface area contributed by atoms with Crippen molar-refractivity contribution < 1.29 is 9.90 Å². The summed E-state index contributed by atoms with van der Waals surface area (Å²) >= 11 is 0. The summed E-state index contributed by atoms with van der Waals surface area (Å²) in [6, 6.07) is 5.34. The van der Waals surface area contributed by atoms with Gasteiger partial charge in [-0.2, -0.15) is 0 Å². The van der Waals surface area contributed by atoms with Crippen LogP contribution < -0.4 is 11.2 Å². The number of benzene rings is 1. The Morgan fingerprint density at radius 2 is 2.08 bits per heavy atom. The quantitative estimate of drug-likeness (QED) is 0.748. The van der Waals surface area contributed by atoms with Gasteiger partial charge in [-0.15, -0.1) is 0 Å². The van der Waals surface area contributed by atoms with Gasteiger partial charge in [-0.25, -0.2) is 14.6 Å². The minimum Gasteiger partial charge on any atom is -0.477 e. The van der Waals surface area contributed by atoms with Crippen molar-refractivity contribution in [2.45, 2.75) is 32.9 Å². The third kappa shape index (κ3) is 2.63. The van der Waals surface area contributed by atoms with Crippen LogP contribution in [0.3, 0.4) is 0 Å². The van der Waals surface area contributed by atoms with Gasteiger partial charge >= 0.3 is 11.7 Å². The van der Waals surface area contributed by atoms with Crippen molar-refractivity contribution in [1.29, 1.82) is 0 Å². The average molecular weight is 354 g/mol. The minimum absolute atomic E-state index is 0.0943. The lowest BCUT2D eigenvalue weighted by atomic mass is 10.2. The summed E-state index contributed by atoms with van der Waals surface area (Å²) in [5, 5.41) is 9.27. The number of aromatic carboxylic acids is 1. The fourth-order valence-electron chi connectivity index (χ4n) is 3.14. The topological polar surface area (TPSA) is 99.1 Å². The fourth-order valence-corrected chi connectivity index (χ4v) is 3.14. The summed E-state index contributed by atoms with van der Waals surface area (Å²) in [5.41, 5.74) is 0.363. The van der Waals surface area contributed by atoms with Gasteiger partial charge in [0.05, 0.1) is 23.0 Å². The van der Waals surface area contributed by atoms with Crippen molar-refractivity contribution in [3.63, 3.8) is 0 Å². The third-order valence-corrected chi connectivity index (χ3v) is 4.75. The highest BCUT2D eigenvalue weighted by Crippen LogP contribution is 2.31. The Labute approximate surface area is 147 Å². The Bertz CT molecular complexity index is 1130. The Balaban J connectivity index is 1.86. The lowest BCUT2D eigenvalue weighted by Crippen LogP contribution is -2.41. The van der Waals surface area contributed by atoms with Gasteiger partial charge in [0, 0.05) is 19.3 Å². The van der Waals surface area contributed by atoms with Crippen LogP contribution in [0.15, 0.2) is 40.3 Å². The van der Waals surface area contributed by atoms with E-state index in [0.29, 0.717) is 11.6 Å². The van der Waals surface area contributed by atoms with Crippen LogP contribution in [0.1, 0.15) is 30.1 Å². The molecule has 1 aromatic carbocycles. The molecule has 26 heavy (non-hydrogen) atoms. The number of hydrogen-bond acceptors (Lipinski definition) is 4. The molecule has 0 bridgehead atoms. The molecule has 0 unspecified atom stereocenters. The number of nitrogens with zero attached hydrogens (tertiary/aromatic N) is 4. The van der Waals surface area contributed by atoms with Crippen molar-refractivity contribution in [2.24, 2.45) is 5.92 Å². The Hall–Kier alpha value is -3.16. The van der Waals surface area contributed by atoms with Gasteiger partial charge < -0.3 is 9.67 Å². The number of carboxylic acid groups (broad SMARTS) is 1. The predicted octanol–water partition coefficient (Wildman–Crippen LogP) is 1.48. The third-order valence-electron chi connectivity index (χ3n) is 4.75. The molecular weight excluding hydrogens is 336 g/mol. The van der Waals surface area contributed by atoms with Crippen molar-refractivity contribution >= 4 is 17.0 Å². The molecule has 2 heterocycles. The first-order valence-corrected chi connectivity index (χ1v) is 8.54. The molecule has 8 heteroatoms. The molecule has 0 atom stereocenters. The minimum atomic E-state index is -1.36. The summed E-state index contributed by atoms with van der Waals surface area (Å²) in [4.78, 5) is 40.5. The van der Waals surface area contributed by atoms with E-state index >= 15 is 0 Å². The van der Waals surface area contributed by atoms with E-state index in [2.05, 4.69) is 9.55 Å². The van der Waals surface area contributed by atoms with E-state index in [1.165, 1.54) is 17.4 Å². The molecule has 1 saturated carbocycles. The molecule has 0 spiro atoms. The average Bonchev–Trinajstić information content (AvgIpc) is 3.34. The van der Waals surface area contributed by atoms with E-state index in [-0.39, 0.29) is 6.54 Å². The second-order valence-electron chi connectivity index (χ2n) is 6.56. The molecule has 3 aromatic rings. The van der Waals surface area contributed by atoms with E-state index in [1.54, 1.807) is 25.4 Å². The number of imidazole rings is 1. The highest BCUT2D eigenvalue weighted by atomic mass is 16.4. The molecular formula is C18H18N4O4. The van der Waals surface area contributed by atoms with E-state index < -0.39 is 22.8 Å². The number of carboxylic acids is 1. The summed E-state index contributed by atoms with van der Waals surface area (Å²) in [7, 11) is 0. The van der Waals surface area contributed by atoms with Crippen LogP contribution in [0.25, 0.3) is 16.7 Å². The molecule has 0 radical (unpaired) electrons. The molecule has 0 aliphatic heterocycles. The normalized spacial score (nSPS) is 14.0. The molecule has 0 amide bonds. The number of fused-ring (bicyclic) bond motifs is 1. The molecule has 1 fully saturated rings. The van der Waals surface area contributed by atoms with Crippen LogP contribution in [0, 0.1) is 5.92 Å². The van der Waals surface area contributed by atoms with Crippen LogP contribution in [0.2, 0.25) is 0 Å². The standard InChI is InChI=1S/C18H18N4O4/c1-2-21-16(23)13(17(24)25)9-22(18(21)26)12-5-6-15-14(7-12)19-10-20(15)8-11-3-4-11/h5-7,9-11H,2-4,8H2,1H3,(H,24,25). The number of hydrogen-bond donors (Lipinski definition) is 1. The van der Waals surface area contributed by atoms with Gasteiger partial charge in [-0.05, 0) is 43.9 Å². The zero-order valence-electron chi connectivity index (χ0n) is 14.3. The smallest absolute Gasteiger partial charge is 0.342 e. The molecule has 4 rings (SSSR count). The lowest BCUT2D eigenvalue weighted by molar-refractivity contribution is 0.0693. The maximum absolute atomic E-state index is 12.6. The van der Waals surface area contributed by atoms with Gasteiger partial charge in [0.15, 0.2) is 0 Å². The molecule has 1 aliphatic rings. The van der Waals surface area contributed by atoms with Crippen LogP contribution in [0.5, 0.6) is 0 Å². The SMILES string of the molecule is CCn1c(=O)c(C(=O)O)cn(-c2ccc3c(c2)ncn3CC2CC2)c1=O. The summed E-state index contributed by atoms with van der Waals surface area (Å²) in [5.74, 6) is -0.651. The van der Waals surface area contributed by atoms with Gasteiger partial charge in [0.25, 0.3) is 5.56 Å². The Morgan fingerprint density at radius 1 is 1.31 bits per heavy atom. The lowest BCUT2D eigenvalue weighted by Gasteiger charge is -2.11. The second-order valence-corrected chi connectivity index (χ2v) is 6.56. The monoisotopic (exact) mass is 354 g/mol. The summed E-state index contributed by atoms with van der Waals surface area (Å²) in [6.07, 6.45) is 5.35. The van der Waals surface area contributed by atoms with Crippen molar-refractivity contribution in [2.75, 3.05) is 0 Å². The van der Waals surface area contributed by atoms with Gasteiger partial charge in [0.1, 0.15) is 5.56 Å². The van der Waals surface area contributed by atoms with Gasteiger partial charge in [-0.1, -0.05) is 0 Å². The molecule has 1 aliphatic carbocycles. The first-order valence-electron chi connectivity index (χ1n) is 8.54. The number of rotatable bonds is 5. The predicted molar refractivity (Wildman–Crippen MR) is 94.9 cm³/mol. The largest absolute Gasteiger partial charge is 0.477 e. The van der Waals surface area contributed by atoms with Gasteiger partial charge in [-0.3, -0.25) is 13.9 Å². The zero-order valence-corrected chi connectivity index (χ0v) is 14.3. The Morgan fingerprint density at radius 3 is 2.73 bits per heavy atom. The molecule has 134 valence electrons. The summed E-state index contributed by atoms with van der Waals surface area (Å²) < 4.78 is 4.20. The molecule has 2 aromatic heterocycles. The van der Waals surface area contributed by atoms with Crippen molar-refractivity contribution in [3.05, 3.63) is 57.1 Å². The van der Waals surface area contributed by atoms with E-state index in [0.717, 1.165) is 28.3 Å². The van der Waals surface area contributed by atoms with E-state index in [4.69, 9.17) is 0 Å². The highest BCUT2D eigenvalue weighted by molar-refractivity contribution is 5.87. The molecule has 8 nitrogen and oxygen atoms in total. The maximum Gasteiger partial charge on any atom is 0.342 e. The number of aromatic nitrogens is 4. The Kier molecular flexibility index (Phi) is 3.75. The van der Waals surface area contributed by atoms with Crippen molar-refractivity contribution in [3.8, 4) is 5.69 Å². The van der Waals surface area contributed by atoms with E-state index in [1.807, 2.05) is 6.07 Å². The molecule has 1 N–H and O–H groups in total. The number of carbonyl (C=O) groups is 1. The summed E-state index contributed by atoms with van der Waals surface area (Å²) in [6.45, 7) is 2.65. The molecule has 0 saturated heterocycles. The highest BCUT2D eigenvalue weighted by Gasteiger charge is 2.22. The van der Waals surface area contributed by atoms with Crippen LogP contribution >= 0.6 is 0 Å². The first-order chi connectivity index (χ1) is 12.5. The second kappa shape index (κ2) is 5.98.